The average molecular weight is 327 g/mol. The molecule has 23 heavy (non-hydrogen) atoms. The molecule has 0 radical (unpaired) electrons. The minimum atomic E-state index is 0.594. The molecule has 3 rings (SSSR count). The fourth-order valence-corrected chi connectivity index (χ4v) is 3.55. The zero-order valence-electron chi connectivity index (χ0n) is 13.4. The van der Waals surface area contributed by atoms with E-state index >= 15 is 0 Å². The Labute approximate surface area is 140 Å². The Morgan fingerprint density at radius 3 is 2.83 bits per heavy atom. The van der Waals surface area contributed by atoms with Crippen molar-refractivity contribution >= 4 is 17.0 Å². The molecule has 1 aliphatic rings. The van der Waals surface area contributed by atoms with Crippen molar-refractivity contribution in [1.82, 2.24) is 4.68 Å². The van der Waals surface area contributed by atoms with Crippen molar-refractivity contribution in [3.05, 3.63) is 47.1 Å². The van der Waals surface area contributed by atoms with Gasteiger partial charge in [0.15, 0.2) is 0 Å². The number of rotatable bonds is 5. The topological polar surface area (TPSA) is 38.9 Å². The summed E-state index contributed by atoms with van der Waals surface area (Å²) in [6, 6.07) is 8.03. The first-order chi connectivity index (χ1) is 11.3. The SMILES string of the molecule is C=CCN=c1scc(-c2ccccc2OC)n1N=C1CCCC1. The lowest BCUT2D eigenvalue weighted by Gasteiger charge is -2.09. The number of benzene rings is 1. The predicted molar refractivity (Wildman–Crippen MR) is 96.2 cm³/mol. The molecule has 0 aliphatic heterocycles. The molecule has 0 N–H and O–H groups in total. The second kappa shape index (κ2) is 7.42. The summed E-state index contributed by atoms with van der Waals surface area (Å²) in [6.45, 7) is 4.34. The van der Waals surface area contributed by atoms with Gasteiger partial charge in [0.1, 0.15) is 5.75 Å². The van der Waals surface area contributed by atoms with Crippen molar-refractivity contribution in [3.63, 3.8) is 0 Å². The van der Waals surface area contributed by atoms with Gasteiger partial charge in [-0.2, -0.15) is 5.10 Å². The summed E-state index contributed by atoms with van der Waals surface area (Å²) in [6.07, 6.45) is 6.42. The Hall–Kier alpha value is -2.14. The van der Waals surface area contributed by atoms with Crippen molar-refractivity contribution < 1.29 is 4.74 Å². The monoisotopic (exact) mass is 327 g/mol. The molecule has 5 heteroatoms. The molecule has 0 spiro atoms. The molecule has 1 fully saturated rings. The molecular formula is C18H21N3OS. The molecule has 1 aromatic carbocycles. The maximum absolute atomic E-state index is 5.51. The first kappa shape index (κ1) is 15.7. The van der Waals surface area contributed by atoms with Crippen molar-refractivity contribution in [2.75, 3.05) is 13.7 Å². The Kier molecular flexibility index (Phi) is 5.08. The minimum absolute atomic E-state index is 0.594. The van der Waals surface area contributed by atoms with Gasteiger partial charge in [0.2, 0.25) is 4.80 Å². The van der Waals surface area contributed by atoms with Crippen molar-refractivity contribution in [1.29, 1.82) is 0 Å². The average Bonchev–Trinajstić information content (AvgIpc) is 3.23. The molecule has 0 unspecified atom stereocenters. The van der Waals surface area contributed by atoms with Gasteiger partial charge >= 0.3 is 0 Å². The second-order valence-corrected chi connectivity index (χ2v) is 6.25. The highest BCUT2D eigenvalue weighted by molar-refractivity contribution is 7.07. The first-order valence-electron chi connectivity index (χ1n) is 7.85. The van der Waals surface area contributed by atoms with Crippen LogP contribution in [-0.2, 0) is 0 Å². The summed E-state index contributed by atoms with van der Waals surface area (Å²) < 4.78 is 7.48. The molecule has 4 nitrogen and oxygen atoms in total. The molecule has 120 valence electrons. The van der Waals surface area contributed by atoms with E-state index < -0.39 is 0 Å². The fourth-order valence-electron chi connectivity index (χ4n) is 2.71. The number of aromatic nitrogens is 1. The molecule has 1 aliphatic carbocycles. The summed E-state index contributed by atoms with van der Waals surface area (Å²) in [5, 5.41) is 6.98. The zero-order chi connectivity index (χ0) is 16.1. The van der Waals surface area contributed by atoms with Crippen LogP contribution in [0, 0.1) is 0 Å². The van der Waals surface area contributed by atoms with Crippen molar-refractivity contribution in [3.8, 4) is 17.0 Å². The van der Waals surface area contributed by atoms with Crippen LogP contribution in [0.25, 0.3) is 11.3 Å². The molecule has 0 saturated heterocycles. The van der Waals surface area contributed by atoms with Crippen LogP contribution in [-0.4, -0.2) is 24.0 Å². The third kappa shape index (κ3) is 3.45. The van der Waals surface area contributed by atoms with Crippen molar-refractivity contribution in [2.24, 2.45) is 10.1 Å². The van der Waals surface area contributed by atoms with E-state index in [4.69, 9.17) is 9.84 Å². The lowest BCUT2D eigenvalue weighted by atomic mass is 10.1. The fraction of sp³-hybridized carbons (Fsp3) is 0.333. The number of ether oxygens (including phenoxy) is 1. The summed E-state index contributed by atoms with van der Waals surface area (Å²) in [4.78, 5) is 5.48. The van der Waals surface area contributed by atoms with Crippen LogP contribution in [0.4, 0.5) is 0 Å². The van der Waals surface area contributed by atoms with Crippen LogP contribution in [0.5, 0.6) is 5.75 Å². The molecule has 0 atom stereocenters. The van der Waals surface area contributed by atoms with Crippen LogP contribution in [0.1, 0.15) is 25.7 Å². The maximum Gasteiger partial charge on any atom is 0.206 e. The predicted octanol–water partition coefficient (Wildman–Crippen LogP) is 4.09. The lowest BCUT2D eigenvalue weighted by Crippen LogP contribution is -2.14. The van der Waals surface area contributed by atoms with E-state index in [0.29, 0.717) is 6.54 Å². The molecule has 1 heterocycles. The smallest absolute Gasteiger partial charge is 0.206 e. The van der Waals surface area contributed by atoms with E-state index in [1.807, 2.05) is 22.9 Å². The first-order valence-corrected chi connectivity index (χ1v) is 8.73. The third-order valence-electron chi connectivity index (χ3n) is 3.85. The van der Waals surface area contributed by atoms with Gasteiger partial charge in [-0.15, -0.1) is 17.9 Å². The van der Waals surface area contributed by atoms with E-state index in [9.17, 15) is 0 Å². The van der Waals surface area contributed by atoms with Crippen LogP contribution in [0.15, 0.2) is 52.4 Å². The van der Waals surface area contributed by atoms with Crippen LogP contribution in [0.2, 0.25) is 0 Å². The van der Waals surface area contributed by atoms with E-state index in [0.717, 1.165) is 34.6 Å². The normalized spacial score (nSPS) is 15.0. The summed E-state index contributed by atoms with van der Waals surface area (Å²) in [5.41, 5.74) is 3.31. The standard InChI is InChI=1S/C18H21N3OS/c1-3-12-19-18-21(20-14-8-4-5-9-14)16(13-23-18)15-10-6-7-11-17(15)22-2/h3,6-7,10-11,13H,1,4-5,8-9,12H2,2H3. The van der Waals surface area contributed by atoms with E-state index in [-0.39, 0.29) is 0 Å². The van der Waals surface area contributed by atoms with Gasteiger partial charge < -0.3 is 4.74 Å². The highest BCUT2D eigenvalue weighted by Crippen LogP contribution is 2.30. The lowest BCUT2D eigenvalue weighted by molar-refractivity contribution is 0.416. The molecule has 0 amide bonds. The molecule has 1 aromatic heterocycles. The molecule has 0 bridgehead atoms. The minimum Gasteiger partial charge on any atom is -0.496 e. The summed E-state index contributed by atoms with van der Waals surface area (Å²) in [7, 11) is 1.70. The second-order valence-electron chi connectivity index (χ2n) is 5.42. The van der Waals surface area contributed by atoms with Gasteiger partial charge in [-0.05, 0) is 37.8 Å². The van der Waals surface area contributed by atoms with E-state index in [1.165, 1.54) is 18.6 Å². The zero-order valence-corrected chi connectivity index (χ0v) is 14.2. The van der Waals surface area contributed by atoms with Gasteiger partial charge in [0.05, 0.1) is 19.3 Å². The van der Waals surface area contributed by atoms with Crippen LogP contribution >= 0.6 is 11.3 Å². The number of hydrogen-bond acceptors (Lipinski definition) is 4. The quantitative estimate of drug-likeness (QED) is 0.762. The number of thiazole rings is 1. The summed E-state index contributed by atoms with van der Waals surface area (Å²) in [5.74, 6) is 0.848. The Morgan fingerprint density at radius 2 is 2.09 bits per heavy atom. The largest absolute Gasteiger partial charge is 0.496 e. The molecule has 1 saturated carbocycles. The number of nitrogens with zero attached hydrogens (tertiary/aromatic N) is 3. The highest BCUT2D eigenvalue weighted by Gasteiger charge is 2.14. The number of para-hydroxylation sites is 1. The highest BCUT2D eigenvalue weighted by atomic mass is 32.1. The number of hydrogen-bond donors (Lipinski definition) is 0. The van der Waals surface area contributed by atoms with Gasteiger partial charge in [-0.1, -0.05) is 18.2 Å². The molecule has 2 aromatic rings. The van der Waals surface area contributed by atoms with Crippen LogP contribution < -0.4 is 9.54 Å². The van der Waals surface area contributed by atoms with Gasteiger partial charge in [-0.3, -0.25) is 4.99 Å². The Morgan fingerprint density at radius 1 is 1.30 bits per heavy atom. The van der Waals surface area contributed by atoms with E-state index in [1.54, 1.807) is 24.5 Å². The number of methoxy groups -OCH3 is 1. The van der Waals surface area contributed by atoms with Crippen LogP contribution in [0.3, 0.4) is 0 Å². The van der Waals surface area contributed by atoms with Gasteiger partial charge in [0, 0.05) is 16.7 Å². The van der Waals surface area contributed by atoms with E-state index in [2.05, 4.69) is 23.0 Å². The maximum atomic E-state index is 5.51. The van der Waals surface area contributed by atoms with Gasteiger partial charge in [0.25, 0.3) is 0 Å². The summed E-state index contributed by atoms with van der Waals surface area (Å²) >= 11 is 1.60. The van der Waals surface area contributed by atoms with Gasteiger partial charge in [-0.25, -0.2) is 4.68 Å². The Balaban J connectivity index is 2.15. The third-order valence-corrected chi connectivity index (χ3v) is 4.70. The van der Waals surface area contributed by atoms with Crippen molar-refractivity contribution in [2.45, 2.75) is 25.7 Å². The molecular weight excluding hydrogens is 306 g/mol. The Bertz CT molecular complexity index is 778.